The van der Waals surface area contributed by atoms with Crippen LogP contribution in [0.1, 0.15) is 23.5 Å². The third kappa shape index (κ3) is 4.76. The average Bonchev–Trinajstić information content (AvgIpc) is 2.71. The number of hydrogen-bond acceptors (Lipinski definition) is 2. The minimum atomic E-state index is -0.330. The smallest absolute Gasteiger partial charge is 0.253 e. The number of nitrogens with zero attached hydrogens (tertiary/aromatic N) is 1. The summed E-state index contributed by atoms with van der Waals surface area (Å²) in [7, 11) is 3.11. The van der Waals surface area contributed by atoms with Crippen LogP contribution in [-0.4, -0.2) is 25.1 Å². The number of hydrogen-bond donors (Lipinski definition) is 0. The minimum absolute atomic E-state index is 0.0945. The molecular weight excluding hydrogens is 358 g/mol. The summed E-state index contributed by atoms with van der Waals surface area (Å²) in [6, 6.07) is 22.0. The van der Waals surface area contributed by atoms with Crippen molar-refractivity contribution in [1.29, 1.82) is 0 Å². The molecule has 3 aromatic carbocycles. The Hall–Kier alpha value is -2.62. The number of benzene rings is 3. The van der Waals surface area contributed by atoms with Gasteiger partial charge in [-0.25, -0.2) is 5.06 Å². The molecule has 0 N–H and O–H groups in total. The van der Waals surface area contributed by atoms with E-state index in [4.69, 9.17) is 16.4 Å². The summed E-state index contributed by atoms with van der Waals surface area (Å²) in [5.74, 6) is -0.424. The molecule has 0 aliphatic heterocycles. The van der Waals surface area contributed by atoms with Crippen LogP contribution < -0.4 is 0 Å². The summed E-state index contributed by atoms with van der Waals surface area (Å²) in [6.07, 6.45) is 4.65. The Bertz CT molecular complexity index is 950. The molecule has 0 aliphatic rings. The van der Waals surface area contributed by atoms with Crippen molar-refractivity contribution in [2.24, 2.45) is 0 Å². The number of amides is 1. The Balaban J connectivity index is 1.81. The van der Waals surface area contributed by atoms with Crippen molar-refractivity contribution in [2.45, 2.75) is 12.3 Å². The standard InChI is InChI=1S/C23H22ClNO2/c1-25(27-2)23(26)22(19-12-14-21(24)15-13-19)9-5-6-17-10-11-18-7-3-4-8-20(18)16-17/h3-8,10-16,22H,9H2,1-2H3/b6-5+/t22-/m0/s1. The SMILES string of the molecule is CON(C)C(=O)[C@@H](C/C=C/c1ccc2ccccc2c1)c1ccc(Cl)cc1. The molecule has 0 heterocycles. The fourth-order valence-corrected chi connectivity index (χ4v) is 3.16. The molecule has 0 saturated carbocycles. The maximum absolute atomic E-state index is 12.7. The van der Waals surface area contributed by atoms with Crippen LogP contribution in [0.4, 0.5) is 0 Å². The molecule has 0 radical (unpaired) electrons. The molecule has 0 saturated heterocycles. The lowest BCUT2D eigenvalue weighted by Crippen LogP contribution is -2.30. The fraction of sp³-hybridized carbons (Fsp3) is 0.174. The van der Waals surface area contributed by atoms with E-state index in [0.29, 0.717) is 11.4 Å². The highest BCUT2D eigenvalue weighted by Crippen LogP contribution is 2.25. The molecule has 3 aromatic rings. The zero-order valence-electron chi connectivity index (χ0n) is 15.4. The normalized spacial score (nSPS) is 12.4. The van der Waals surface area contributed by atoms with Crippen LogP contribution in [0.2, 0.25) is 5.02 Å². The maximum Gasteiger partial charge on any atom is 0.253 e. The highest BCUT2D eigenvalue weighted by Gasteiger charge is 2.23. The van der Waals surface area contributed by atoms with Gasteiger partial charge < -0.3 is 0 Å². The van der Waals surface area contributed by atoms with E-state index >= 15 is 0 Å². The van der Waals surface area contributed by atoms with Gasteiger partial charge in [0.2, 0.25) is 0 Å². The van der Waals surface area contributed by atoms with E-state index in [2.05, 4.69) is 36.4 Å². The van der Waals surface area contributed by atoms with Gasteiger partial charge in [-0.1, -0.05) is 72.3 Å². The molecule has 0 aliphatic carbocycles. The van der Waals surface area contributed by atoms with E-state index in [1.165, 1.54) is 22.9 Å². The van der Waals surface area contributed by atoms with Gasteiger partial charge in [-0.05, 0) is 46.5 Å². The second kappa shape index (κ2) is 8.85. The highest BCUT2D eigenvalue weighted by molar-refractivity contribution is 6.30. The summed E-state index contributed by atoms with van der Waals surface area (Å²) >= 11 is 5.98. The molecule has 0 fully saturated rings. The Labute approximate surface area is 164 Å². The molecule has 4 heteroatoms. The summed E-state index contributed by atoms with van der Waals surface area (Å²) in [6.45, 7) is 0. The van der Waals surface area contributed by atoms with Gasteiger partial charge >= 0.3 is 0 Å². The quantitative estimate of drug-likeness (QED) is 0.514. The number of carbonyl (C=O) groups excluding carboxylic acids is 1. The maximum atomic E-state index is 12.7. The van der Waals surface area contributed by atoms with Gasteiger partial charge in [0.05, 0.1) is 13.0 Å². The Kier molecular flexibility index (Phi) is 6.28. The molecule has 0 bridgehead atoms. The van der Waals surface area contributed by atoms with Crippen molar-refractivity contribution in [1.82, 2.24) is 5.06 Å². The molecular formula is C23H22ClNO2. The van der Waals surface area contributed by atoms with Gasteiger partial charge in [0.25, 0.3) is 5.91 Å². The topological polar surface area (TPSA) is 29.5 Å². The van der Waals surface area contributed by atoms with Crippen molar-refractivity contribution >= 4 is 34.4 Å². The first kappa shape index (κ1) is 19.2. The fourth-order valence-electron chi connectivity index (χ4n) is 3.04. The molecule has 1 amide bonds. The monoisotopic (exact) mass is 379 g/mol. The molecule has 0 unspecified atom stereocenters. The van der Waals surface area contributed by atoms with Gasteiger partial charge in [0.1, 0.15) is 0 Å². The summed E-state index contributed by atoms with van der Waals surface area (Å²) in [5.41, 5.74) is 2.02. The van der Waals surface area contributed by atoms with Crippen LogP contribution in [0, 0.1) is 0 Å². The van der Waals surface area contributed by atoms with E-state index in [1.807, 2.05) is 30.3 Å². The van der Waals surface area contributed by atoms with Crippen LogP contribution in [0.25, 0.3) is 16.8 Å². The third-order valence-electron chi connectivity index (χ3n) is 4.61. The van der Waals surface area contributed by atoms with E-state index in [9.17, 15) is 4.79 Å². The highest BCUT2D eigenvalue weighted by atomic mass is 35.5. The van der Waals surface area contributed by atoms with Crippen molar-refractivity contribution in [3.8, 4) is 0 Å². The number of allylic oxidation sites excluding steroid dienone is 1. The molecule has 1 atom stereocenters. The predicted octanol–water partition coefficient (Wildman–Crippen LogP) is 5.70. The van der Waals surface area contributed by atoms with Crippen LogP contribution >= 0.6 is 11.6 Å². The minimum Gasteiger partial charge on any atom is -0.275 e. The van der Waals surface area contributed by atoms with Crippen LogP contribution in [0.5, 0.6) is 0 Å². The van der Waals surface area contributed by atoms with Crippen molar-refractivity contribution < 1.29 is 9.63 Å². The van der Waals surface area contributed by atoms with Gasteiger partial charge in [-0.15, -0.1) is 0 Å². The molecule has 0 spiro atoms. The number of fused-ring (bicyclic) bond motifs is 1. The van der Waals surface area contributed by atoms with Gasteiger partial charge in [-0.3, -0.25) is 9.63 Å². The lowest BCUT2D eigenvalue weighted by Gasteiger charge is -2.21. The number of hydroxylamine groups is 2. The summed E-state index contributed by atoms with van der Waals surface area (Å²) in [4.78, 5) is 17.8. The van der Waals surface area contributed by atoms with Crippen LogP contribution in [0.15, 0.2) is 72.8 Å². The van der Waals surface area contributed by atoms with E-state index in [0.717, 1.165) is 11.1 Å². The number of rotatable bonds is 6. The van der Waals surface area contributed by atoms with Crippen LogP contribution in [0.3, 0.4) is 0 Å². The van der Waals surface area contributed by atoms with Gasteiger partial charge in [0.15, 0.2) is 0 Å². The van der Waals surface area contributed by atoms with Gasteiger partial charge in [0, 0.05) is 12.1 Å². The largest absolute Gasteiger partial charge is 0.275 e. The molecule has 27 heavy (non-hydrogen) atoms. The third-order valence-corrected chi connectivity index (χ3v) is 4.86. The van der Waals surface area contributed by atoms with Crippen LogP contribution in [-0.2, 0) is 9.63 Å². The lowest BCUT2D eigenvalue weighted by atomic mass is 9.94. The summed E-state index contributed by atoms with van der Waals surface area (Å²) in [5, 5.41) is 4.33. The summed E-state index contributed by atoms with van der Waals surface area (Å²) < 4.78 is 0. The first-order valence-electron chi connectivity index (χ1n) is 8.81. The first-order valence-corrected chi connectivity index (χ1v) is 9.19. The molecule has 0 aromatic heterocycles. The molecule has 138 valence electrons. The Morgan fingerprint density at radius 1 is 1.07 bits per heavy atom. The Morgan fingerprint density at radius 2 is 1.78 bits per heavy atom. The zero-order chi connectivity index (χ0) is 19.2. The van der Waals surface area contributed by atoms with E-state index in [-0.39, 0.29) is 11.8 Å². The first-order chi connectivity index (χ1) is 13.1. The average molecular weight is 380 g/mol. The molecule has 3 rings (SSSR count). The van der Waals surface area contributed by atoms with Crippen molar-refractivity contribution in [3.63, 3.8) is 0 Å². The zero-order valence-corrected chi connectivity index (χ0v) is 16.2. The van der Waals surface area contributed by atoms with Crippen molar-refractivity contribution in [2.75, 3.05) is 14.2 Å². The molecule has 3 nitrogen and oxygen atoms in total. The van der Waals surface area contributed by atoms with Crippen molar-refractivity contribution in [3.05, 3.63) is 89.0 Å². The Morgan fingerprint density at radius 3 is 2.48 bits per heavy atom. The second-order valence-corrected chi connectivity index (χ2v) is 6.80. The second-order valence-electron chi connectivity index (χ2n) is 6.37. The van der Waals surface area contributed by atoms with Gasteiger partial charge in [-0.2, -0.15) is 0 Å². The van der Waals surface area contributed by atoms with E-state index in [1.54, 1.807) is 19.2 Å². The number of likely N-dealkylation sites (N-methyl/N-ethyl adjacent to an activating group) is 1. The predicted molar refractivity (Wildman–Crippen MR) is 112 cm³/mol. The lowest BCUT2D eigenvalue weighted by molar-refractivity contribution is -0.170. The van der Waals surface area contributed by atoms with E-state index < -0.39 is 0 Å². The number of halogens is 1. The number of carbonyl (C=O) groups is 1.